The molecule has 1 aromatic carbocycles. The molecule has 0 saturated carbocycles. The maximum absolute atomic E-state index is 10.9. The van der Waals surface area contributed by atoms with E-state index in [2.05, 4.69) is 0 Å². The van der Waals surface area contributed by atoms with Crippen molar-refractivity contribution in [3.8, 4) is 5.75 Å². The Labute approximate surface area is 86.3 Å². The third-order valence-corrected chi connectivity index (χ3v) is 2.60. The van der Waals surface area contributed by atoms with E-state index in [0.29, 0.717) is 16.3 Å². The predicted octanol–water partition coefficient (Wildman–Crippen LogP) is 2.21. The summed E-state index contributed by atoms with van der Waals surface area (Å²) in [5, 5.41) is 9.39. The van der Waals surface area contributed by atoms with Crippen LogP contribution in [0.5, 0.6) is 5.75 Å². The quantitative estimate of drug-likeness (QED) is 0.777. The van der Waals surface area contributed by atoms with Crippen LogP contribution in [0.15, 0.2) is 12.1 Å². The van der Waals surface area contributed by atoms with Gasteiger partial charge in [0.25, 0.3) is 0 Å². The smallest absolute Gasteiger partial charge is 0.314 e. The number of hydrogen-bond acceptors (Lipinski definition) is 2. The molecule has 4 heteroatoms. The van der Waals surface area contributed by atoms with E-state index < -0.39 is 11.9 Å². The van der Waals surface area contributed by atoms with Crippen molar-refractivity contribution in [1.82, 2.24) is 0 Å². The van der Waals surface area contributed by atoms with E-state index in [4.69, 9.17) is 21.4 Å². The Morgan fingerprint density at radius 1 is 1.64 bits per heavy atom. The first-order valence-corrected chi connectivity index (χ1v) is 4.63. The van der Waals surface area contributed by atoms with Gasteiger partial charge >= 0.3 is 5.97 Å². The molecular formula is C10H9ClO3. The Morgan fingerprint density at radius 3 is 3.00 bits per heavy atom. The zero-order valence-electron chi connectivity index (χ0n) is 7.58. The third kappa shape index (κ3) is 1.34. The molecule has 0 spiro atoms. The molecule has 3 nitrogen and oxygen atoms in total. The molecule has 74 valence electrons. The van der Waals surface area contributed by atoms with Gasteiger partial charge in [-0.1, -0.05) is 11.6 Å². The fraction of sp³-hybridized carbons (Fsp3) is 0.300. The Kier molecular flexibility index (Phi) is 2.11. The van der Waals surface area contributed by atoms with Crippen LogP contribution in [-0.2, 0) is 4.79 Å². The summed E-state index contributed by atoms with van der Waals surface area (Å²) in [6.45, 7) is 2.07. The molecule has 1 aliphatic heterocycles. The minimum Gasteiger partial charge on any atom is -0.492 e. The van der Waals surface area contributed by atoms with Crippen molar-refractivity contribution in [2.45, 2.75) is 12.8 Å². The van der Waals surface area contributed by atoms with E-state index in [-0.39, 0.29) is 6.61 Å². The van der Waals surface area contributed by atoms with Gasteiger partial charge in [0.15, 0.2) is 0 Å². The molecule has 2 rings (SSSR count). The molecule has 14 heavy (non-hydrogen) atoms. The number of halogens is 1. The van der Waals surface area contributed by atoms with Gasteiger partial charge in [-0.2, -0.15) is 0 Å². The van der Waals surface area contributed by atoms with E-state index in [1.54, 1.807) is 6.07 Å². The summed E-state index contributed by atoms with van der Waals surface area (Å²) in [5.74, 6) is -0.921. The van der Waals surface area contributed by atoms with Gasteiger partial charge in [0.1, 0.15) is 18.3 Å². The highest BCUT2D eigenvalue weighted by molar-refractivity contribution is 6.32. The summed E-state index contributed by atoms with van der Waals surface area (Å²) in [7, 11) is 0. The van der Waals surface area contributed by atoms with Crippen molar-refractivity contribution in [2.24, 2.45) is 0 Å². The van der Waals surface area contributed by atoms with Crippen molar-refractivity contribution in [3.63, 3.8) is 0 Å². The van der Waals surface area contributed by atoms with Crippen LogP contribution in [-0.4, -0.2) is 17.7 Å². The highest BCUT2D eigenvalue weighted by atomic mass is 35.5. The highest BCUT2D eigenvalue weighted by Crippen LogP contribution is 2.39. The van der Waals surface area contributed by atoms with Crippen LogP contribution in [0.1, 0.15) is 17.0 Å². The van der Waals surface area contributed by atoms with Crippen molar-refractivity contribution < 1.29 is 14.6 Å². The van der Waals surface area contributed by atoms with Crippen LogP contribution in [0.4, 0.5) is 0 Å². The number of carbonyl (C=O) groups is 1. The first-order chi connectivity index (χ1) is 6.59. The van der Waals surface area contributed by atoms with Crippen LogP contribution >= 0.6 is 11.6 Å². The fourth-order valence-corrected chi connectivity index (χ4v) is 2.03. The highest BCUT2D eigenvalue weighted by Gasteiger charge is 2.32. The molecule has 1 aliphatic rings. The number of hydrogen-bond donors (Lipinski definition) is 1. The molecule has 0 aliphatic carbocycles. The van der Waals surface area contributed by atoms with Crippen LogP contribution < -0.4 is 4.74 Å². The number of aliphatic carboxylic acids is 1. The van der Waals surface area contributed by atoms with Crippen LogP contribution in [0, 0.1) is 6.92 Å². The lowest BCUT2D eigenvalue weighted by atomic mass is 10.0. The first-order valence-electron chi connectivity index (χ1n) is 4.25. The number of rotatable bonds is 1. The van der Waals surface area contributed by atoms with Gasteiger partial charge in [-0.15, -0.1) is 0 Å². The zero-order chi connectivity index (χ0) is 10.3. The first kappa shape index (κ1) is 9.34. The summed E-state index contributed by atoms with van der Waals surface area (Å²) in [5.41, 5.74) is 1.57. The third-order valence-electron chi connectivity index (χ3n) is 2.29. The second-order valence-electron chi connectivity index (χ2n) is 3.36. The number of carboxylic acid groups (broad SMARTS) is 1. The number of carboxylic acids is 1. The Hall–Kier alpha value is -1.22. The van der Waals surface area contributed by atoms with Gasteiger partial charge in [0.05, 0.1) is 0 Å². The normalized spacial score (nSPS) is 18.9. The maximum atomic E-state index is 10.9. The van der Waals surface area contributed by atoms with Gasteiger partial charge in [-0.25, -0.2) is 0 Å². The minimum atomic E-state index is -0.894. The Bertz CT molecular complexity index is 401. The molecule has 1 atom stereocenters. The average molecular weight is 213 g/mol. The van der Waals surface area contributed by atoms with Crippen LogP contribution in [0.25, 0.3) is 0 Å². The second kappa shape index (κ2) is 3.17. The molecule has 0 bridgehead atoms. The lowest BCUT2D eigenvalue weighted by Gasteiger charge is -2.05. The molecule has 1 unspecified atom stereocenters. The average Bonchev–Trinajstić information content (AvgIpc) is 2.47. The van der Waals surface area contributed by atoms with Gasteiger partial charge in [0, 0.05) is 10.6 Å². The summed E-state index contributed by atoms with van der Waals surface area (Å²) in [6, 6.07) is 3.56. The Morgan fingerprint density at radius 2 is 2.36 bits per heavy atom. The number of fused-ring (bicyclic) bond motifs is 1. The summed E-state index contributed by atoms with van der Waals surface area (Å²) < 4.78 is 5.27. The minimum absolute atomic E-state index is 0.174. The molecular weight excluding hydrogens is 204 g/mol. The van der Waals surface area contributed by atoms with Crippen LogP contribution in [0.3, 0.4) is 0 Å². The molecule has 0 saturated heterocycles. The molecule has 0 radical (unpaired) electrons. The standard InChI is InChI=1S/C10H9ClO3/c1-5-2-7(11)9-6(10(12)13)4-14-8(9)3-5/h2-3,6H,4H2,1H3,(H,12,13). The summed E-state index contributed by atoms with van der Waals surface area (Å²) in [4.78, 5) is 10.9. The number of aryl methyl sites for hydroxylation is 1. The van der Waals surface area contributed by atoms with Crippen molar-refractivity contribution in [2.75, 3.05) is 6.61 Å². The second-order valence-corrected chi connectivity index (χ2v) is 3.77. The zero-order valence-corrected chi connectivity index (χ0v) is 8.34. The van der Waals surface area contributed by atoms with Crippen molar-refractivity contribution in [1.29, 1.82) is 0 Å². The maximum Gasteiger partial charge on any atom is 0.314 e. The molecule has 0 aromatic heterocycles. The van der Waals surface area contributed by atoms with Crippen LogP contribution in [0.2, 0.25) is 5.02 Å². The monoisotopic (exact) mass is 212 g/mol. The van der Waals surface area contributed by atoms with E-state index in [1.807, 2.05) is 13.0 Å². The summed E-state index contributed by atoms with van der Waals surface area (Å²) >= 11 is 5.97. The topological polar surface area (TPSA) is 46.5 Å². The largest absolute Gasteiger partial charge is 0.492 e. The van der Waals surface area contributed by atoms with E-state index in [1.165, 1.54) is 0 Å². The number of ether oxygens (including phenoxy) is 1. The van der Waals surface area contributed by atoms with Gasteiger partial charge in [0.2, 0.25) is 0 Å². The van der Waals surface area contributed by atoms with E-state index >= 15 is 0 Å². The van der Waals surface area contributed by atoms with Gasteiger partial charge < -0.3 is 9.84 Å². The van der Waals surface area contributed by atoms with Crippen molar-refractivity contribution >= 4 is 17.6 Å². The Balaban J connectivity index is 2.54. The van der Waals surface area contributed by atoms with E-state index in [0.717, 1.165) is 5.56 Å². The van der Waals surface area contributed by atoms with Gasteiger partial charge in [-0.05, 0) is 24.6 Å². The summed E-state index contributed by atoms with van der Waals surface area (Å²) in [6.07, 6.45) is 0. The van der Waals surface area contributed by atoms with Crippen molar-refractivity contribution in [3.05, 3.63) is 28.3 Å². The molecule has 0 amide bonds. The lowest BCUT2D eigenvalue weighted by molar-refractivity contribution is -0.138. The lowest BCUT2D eigenvalue weighted by Crippen LogP contribution is -2.12. The SMILES string of the molecule is Cc1cc(Cl)c2c(c1)OCC2C(=O)O. The molecule has 1 aromatic rings. The molecule has 1 N–H and O–H groups in total. The fourth-order valence-electron chi connectivity index (χ4n) is 1.63. The number of benzene rings is 1. The predicted molar refractivity (Wildman–Crippen MR) is 52.1 cm³/mol. The molecule has 1 heterocycles. The van der Waals surface area contributed by atoms with E-state index in [9.17, 15) is 4.79 Å². The van der Waals surface area contributed by atoms with Gasteiger partial charge in [-0.3, -0.25) is 4.79 Å². The molecule has 0 fully saturated rings.